The third-order valence-electron chi connectivity index (χ3n) is 3.49. The molecule has 0 unspecified atom stereocenters. The van der Waals surface area contributed by atoms with Crippen molar-refractivity contribution in [1.82, 2.24) is 4.90 Å². The van der Waals surface area contributed by atoms with Crippen molar-refractivity contribution >= 4 is 11.6 Å². The number of rotatable bonds is 5. The normalized spacial score (nSPS) is 10.4. The van der Waals surface area contributed by atoms with E-state index in [9.17, 15) is 4.79 Å². The van der Waals surface area contributed by atoms with Gasteiger partial charge in [0.15, 0.2) is 0 Å². The molecule has 0 heterocycles. The maximum atomic E-state index is 12.8. The number of benzene rings is 2. The Morgan fingerprint density at radius 3 is 2.52 bits per heavy atom. The van der Waals surface area contributed by atoms with Gasteiger partial charge in [-0.25, -0.2) is 0 Å². The topological polar surface area (TPSA) is 46.3 Å². The molecular formula is C18H22N2O. The fraction of sp³-hybridized carbons (Fsp3) is 0.278. The molecule has 3 nitrogen and oxygen atoms in total. The highest BCUT2D eigenvalue weighted by Gasteiger charge is 2.17. The first-order valence-electron chi connectivity index (χ1n) is 7.31. The van der Waals surface area contributed by atoms with E-state index in [0.717, 1.165) is 24.1 Å². The van der Waals surface area contributed by atoms with E-state index >= 15 is 0 Å². The van der Waals surface area contributed by atoms with Crippen LogP contribution in [0.3, 0.4) is 0 Å². The summed E-state index contributed by atoms with van der Waals surface area (Å²) >= 11 is 0. The molecule has 2 aromatic rings. The lowest BCUT2D eigenvalue weighted by Crippen LogP contribution is -2.31. The molecule has 110 valence electrons. The summed E-state index contributed by atoms with van der Waals surface area (Å²) in [6.07, 6.45) is 0.930. The Bertz CT molecular complexity index is 608. The minimum Gasteiger partial charge on any atom is -0.399 e. The van der Waals surface area contributed by atoms with Crippen LogP contribution in [-0.2, 0) is 6.54 Å². The highest BCUT2D eigenvalue weighted by Crippen LogP contribution is 2.17. The van der Waals surface area contributed by atoms with Crippen LogP contribution in [-0.4, -0.2) is 17.4 Å². The van der Waals surface area contributed by atoms with E-state index in [1.54, 1.807) is 6.07 Å². The Balaban J connectivity index is 2.25. The number of anilines is 1. The van der Waals surface area contributed by atoms with E-state index in [0.29, 0.717) is 17.8 Å². The zero-order chi connectivity index (χ0) is 15.2. The average molecular weight is 282 g/mol. The van der Waals surface area contributed by atoms with Crippen molar-refractivity contribution in [1.29, 1.82) is 0 Å². The fourth-order valence-corrected chi connectivity index (χ4v) is 2.37. The summed E-state index contributed by atoms with van der Waals surface area (Å²) in [6.45, 7) is 5.39. The SMILES string of the molecule is CCCN(Cc1ccccc1)C(=O)c1cc(N)ccc1C. The number of aryl methyl sites for hydroxylation is 1. The highest BCUT2D eigenvalue weighted by molar-refractivity contribution is 5.96. The van der Waals surface area contributed by atoms with Crippen LogP contribution < -0.4 is 5.73 Å². The van der Waals surface area contributed by atoms with Gasteiger partial charge in [-0.15, -0.1) is 0 Å². The Hall–Kier alpha value is -2.29. The van der Waals surface area contributed by atoms with Gasteiger partial charge >= 0.3 is 0 Å². The minimum atomic E-state index is 0.0468. The molecular weight excluding hydrogens is 260 g/mol. The van der Waals surface area contributed by atoms with Crippen LogP contribution >= 0.6 is 0 Å². The van der Waals surface area contributed by atoms with E-state index < -0.39 is 0 Å². The highest BCUT2D eigenvalue weighted by atomic mass is 16.2. The van der Waals surface area contributed by atoms with Crippen molar-refractivity contribution in [3.05, 3.63) is 65.2 Å². The number of nitrogens with two attached hydrogens (primary N) is 1. The third-order valence-corrected chi connectivity index (χ3v) is 3.49. The van der Waals surface area contributed by atoms with Gasteiger partial charge in [0.1, 0.15) is 0 Å². The van der Waals surface area contributed by atoms with Crippen molar-refractivity contribution in [2.75, 3.05) is 12.3 Å². The lowest BCUT2D eigenvalue weighted by Gasteiger charge is -2.23. The van der Waals surface area contributed by atoms with Crippen molar-refractivity contribution in [2.24, 2.45) is 0 Å². The van der Waals surface area contributed by atoms with Gasteiger partial charge in [-0.1, -0.05) is 43.3 Å². The Morgan fingerprint density at radius 2 is 1.86 bits per heavy atom. The lowest BCUT2D eigenvalue weighted by atomic mass is 10.1. The van der Waals surface area contributed by atoms with Gasteiger partial charge in [0.2, 0.25) is 0 Å². The van der Waals surface area contributed by atoms with Gasteiger partial charge in [0.05, 0.1) is 0 Å². The molecule has 1 amide bonds. The molecule has 0 aliphatic carbocycles. The molecule has 0 spiro atoms. The van der Waals surface area contributed by atoms with Crippen LogP contribution in [0, 0.1) is 6.92 Å². The predicted molar refractivity (Wildman–Crippen MR) is 87.1 cm³/mol. The second kappa shape index (κ2) is 6.93. The molecule has 2 N–H and O–H groups in total. The average Bonchev–Trinajstić information content (AvgIpc) is 2.49. The number of amides is 1. The van der Waals surface area contributed by atoms with E-state index in [4.69, 9.17) is 5.73 Å². The second-order valence-electron chi connectivity index (χ2n) is 5.29. The molecule has 2 aromatic carbocycles. The summed E-state index contributed by atoms with van der Waals surface area (Å²) < 4.78 is 0. The third kappa shape index (κ3) is 3.85. The van der Waals surface area contributed by atoms with Crippen molar-refractivity contribution in [3.63, 3.8) is 0 Å². The monoisotopic (exact) mass is 282 g/mol. The number of carbonyl (C=O) groups excluding carboxylic acids is 1. The van der Waals surface area contributed by atoms with Crippen molar-refractivity contribution in [3.8, 4) is 0 Å². The standard InChI is InChI=1S/C18H22N2O/c1-3-11-20(13-15-7-5-4-6-8-15)18(21)17-12-16(19)10-9-14(17)2/h4-10,12H,3,11,13,19H2,1-2H3. The maximum absolute atomic E-state index is 12.8. The quantitative estimate of drug-likeness (QED) is 0.851. The van der Waals surface area contributed by atoms with Crippen LogP contribution in [0.25, 0.3) is 0 Å². The smallest absolute Gasteiger partial charge is 0.254 e. The number of nitrogen functional groups attached to an aromatic ring is 1. The molecule has 0 aromatic heterocycles. The van der Waals surface area contributed by atoms with Crippen LogP contribution in [0.5, 0.6) is 0 Å². The minimum absolute atomic E-state index is 0.0468. The fourth-order valence-electron chi connectivity index (χ4n) is 2.37. The number of nitrogens with zero attached hydrogens (tertiary/aromatic N) is 1. The molecule has 0 saturated carbocycles. The van der Waals surface area contributed by atoms with Crippen molar-refractivity contribution in [2.45, 2.75) is 26.8 Å². The van der Waals surface area contributed by atoms with Crippen LogP contribution in [0.15, 0.2) is 48.5 Å². The Kier molecular flexibility index (Phi) is 4.99. The van der Waals surface area contributed by atoms with Gasteiger partial charge in [-0.3, -0.25) is 4.79 Å². The molecule has 0 aliphatic heterocycles. The lowest BCUT2D eigenvalue weighted by molar-refractivity contribution is 0.0742. The van der Waals surface area contributed by atoms with Gasteiger partial charge in [-0.2, -0.15) is 0 Å². The molecule has 0 fully saturated rings. The van der Waals surface area contributed by atoms with Crippen LogP contribution in [0.4, 0.5) is 5.69 Å². The summed E-state index contributed by atoms with van der Waals surface area (Å²) in [5, 5.41) is 0. The molecule has 0 aliphatic rings. The van der Waals surface area contributed by atoms with Gasteiger partial charge < -0.3 is 10.6 Å². The van der Waals surface area contributed by atoms with Crippen LogP contribution in [0.2, 0.25) is 0 Å². The number of carbonyl (C=O) groups is 1. The molecule has 0 atom stereocenters. The molecule has 0 radical (unpaired) electrons. The predicted octanol–water partition coefficient (Wildman–Crippen LogP) is 3.63. The molecule has 3 heteroatoms. The van der Waals surface area contributed by atoms with Gasteiger partial charge in [0, 0.05) is 24.3 Å². The molecule has 0 bridgehead atoms. The molecule has 0 saturated heterocycles. The van der Waals surface area contributed by atoms with Gasteiger partial charge in [-0.05, 0) is 36.6 Å². The largest absolute Gasteiger partial charge is 0.399 e. The Morgan fingerprint density at radius 1 is 1.14 bits per heavy atom. The zero-order valence-electron chi connectivity index (χ0n) is 12.7. The molecule has 2 rings (SSSR count). The first-order chi connectivity index (χ1) is 10.1. The van der Waals surface area contributed by atoms with E-state index in [1.165, 1.54) is 0 Å². The number of hydrogen-bond acceptors (Lipinski definition) is 2. The summed E-state index contributed by atoms with van der Waals surface area (Å²) in [6, 6.07) is 15.6. The first-order valence-corrected chi connectivity index (χ1v) is 7.31. The maximum Gasteiger partial charge on any atom is 0.254 e. The second-order valence-corrected chi connectivity index (χ2v) is 5.29. The van der Waals surface area contributed by atoms with E-state index in [1.807, 2.05) is 54.3 Å². The molecule has 21 heavy (non-hydrogen) atoms. The Labute approximate surface area is 126 Å². The summed E-state index contributed by atoms with van der Waals surface area (Å²) in [4.78, 5) is 14.7. The summed E-state index contributed by atoms with van der Waals surface area (Å²) in [5.41, 5.74) is 9.24. The van der Waals surface area contributed by atoms with Gasteiger partial charge in [0.25, 0.3) is 5.91 Å². The first kappa shape index (κ1) is 15.1. The summed E-state index contributed by atoms with van der Waals surface area (Å²) in [7, 11) is 0. The van der Waals surface area contributed by atoms with E-state index in [-0.39, 0.29) is 5.91 Å². The van der Waals surface area contributed by atoms with E-state index in [2.05, 4.69) is 6.92 Å². The number of hydrogen-bond donors (Lipinski definition) is 1. The zero-order valence-corrected chi connectivity index (χ0v) is 12.7. The van der Waals surface area contributed by atoms with Crippen LogP contribution in [0.1, 0.15) is 34.8 Å². The summed E-state index contributed by atoms with van der Waals surface area (Å²) in [5.74, 6) is 0.0468. The van der Waals surface area contributed by atoms with Crippen molar-refractivity contribution < 1.29 is 4.79 Å².